The number of hydrogen-bond acceptors (Lipinski definition) is 7. The zero-order valence-electron chi connectivity index (χ0n) is 17.9. The molecule has 0 radical (unpaired) electrons. The smallest absolute Gasteiger partial charge is 0.163 e. The molecule has 1 aliphatic rings. The highest BCUT2D eigenvalue weighted by atomic mass is 35.5. The maximum atomic E-state index is 6.21. The number of ether oxygens (including phenoxy) is 2. The number of benzene rings is 2. The van der Waals surface area contributed by atoms with Gasteiger partial charge >= 0.3 is 0 Å². The van der Waals surface area contributed by atoms with Crippen molar-refractivity contribution in [3.63, 3.8) is 0 Å². The molecule has 0 saturated carbocycles. The first kappa shape index (κ1) is 20.8. The highest BCUT2D eigenvalue weighted by Crippen LogP contribution is 2.37. The van der Waals surface area contributed by atoms with Gasteiger partial charge in [0, 0.05) is 23.4 Å². The average Bonchev–Trinajstić information content (AvgIpc) is 3.47. The van der Waals surface area contributed by atoms with Crippen molar-refractivity contribution in [1.29, 1.82) is 0 Å². The summed E-state index contributed by atoms with van der Waals surface area (Å²) in [5, 5.41) is 5.59. The van der Waals surface area contributed by atoms with E-state index in [2.05, 4.69) is 20.2 Å². The molecule has 7 nitrogen and oxygen atoms in total. The molecule has 0 aliphatic carbocycles. The number of rotatable bonds is 8. The van der Waals surface area contributed by atoms with Gasteiger partial charge in [0.05, 0.1) is 29.9 Å². The quantitative estimate of drug-likeness (QED) is 0.346. The highest BCUT2D eigenvalue weighted by molar-refractivity contribution is 6.35. The Morgan fingerprint density at radius 3 is 2.84 bits per heavy atom. The van der Waals surface area contributed by atoms with Crippen molar-refractivity contribution in [2.75, 3.05) is 38.7 Å². The van der Waals surface area contributed by atoms with Gasteiger partial charge in [0.25, 0.3) is 0 Å². The summed E-state index contributed by atoms with van der Waals surface area (Å²) in [6, 6.07) is 9.57. The van der Waals surface area contributed by atoms with Crippen LogP contribution in [0, 0.1) is 0 Å². The van der Waals surface area contributed by atoms with E-state index in [1.807, 2.05) is 30.3 Å². The molecule has 0 bridgehead atoms. The summed E-state index contributed by atoms with van der Waals surface area (Å²) < 4.78 is 17.3. The van der Waals surface area contributed by atoms with Crippen LogP contribution in [-0.2, 0) is 0 Å². The van der Waals surface area contributed by atoms with Gasteiger partial charge in [-0.2, -0.15) is 0 Å². The van der Waals surface area contributed by atoms with E-state index in [4.69, 9.17) is 25.5 Å². The molecule has 4 aromatic rings. The summed E-state index contributed by atoms with van der Waals surface area (Å²) in [6.45, 7) is 4.10. The minimum atomic E-state index is 0.574. The lowest BCUT2D eigenvalue weighted by atomic mass is 10.2. The first-order valence-electron chi connectivity index (χ1n) is 10.8. The van der Waals surface area contributed by atoms with Gasteiger partial charge in [-0.05, 0) is 50.6 Å². The minimum absolute atomic E-state index is 0.574. The Morgan fingerprint density at radius 1 is 1.12 bits per heavy atom. The SMILES string of the molecule is COc1cc2c(Nc3cccc4c(Cl)coc34)ncnc2cc1OCCCN1CCCC1. The Kier molecular flexibility index (Phi) is 6.01. The topological polar surface area (TPSA) is 72.6 Å². The van der Waals surface area contributed by atoms with Crippen LogP contribution in [-0.4, -0.2) is 48.2 Å². The molecule has 5 rings (SSSR count). The first-order chi connectivity index (χ1) is 15.7. The number of methoxy groups -OCH3 is 1. The third kappa shape index (κ3) is 4.18. The summed E-state index contributed by atoms with van der Waals surface area (Å²) in [5.41, 5.74) is 2.22. The van der Waals surface area contributed by atoms with E-state index in [1.165, 1.54) is 38.5 Å². The Labute approximate surface area is 191 Å². The lowest BCUT2D eigenvalue weighted by Gasteiger charge is -2.16. The molecule has 0 unspecified atom stereocenters. The van der Waals surface area contributed by atoms with Gasteiger partial charge in [-0.1, -0.05) is 17.7 Å². The van der Waals surface area contributed by atoms with Crippen LogP contribution in [0.4, 0.5) is 11.5 Å². The number of nitrogens with one attached hydrogen (secondary N) is 1. The highest BCUT2D eigenvalue weighted by Gasteiger charge is 2.15. The number of fused-ring (bicyclic) bond motifs is 2. The van der Waals surface area contributed by atoms with E-state index in [-0.39, 0.29) is 0 Å². The number of hydrogen-bond donors (Lipinski definition) is 1. The number of nitrogens with zero attached hydrogens (tertiary/aromatic N) is 3. The average molecular weight is 453 g/mol. The predicted octanol–water partition coefficient (Wildman–Crippen LogP) is 5.65. The fourth-order valence-corrected chi connectivity index (χ4v) is 4.36. The molecule has 1 aliphatic heterocycles. The maximum Gasteiger partial charge on any atom is 0.163 e. The molecule has 2 aromatic carbocycles. The van der Waals surface area contributed by atoms with Gasteiger partial charge in [-0.3, -0.25) is 0 Å². The van der Waals surface area contributed by atoms with Gasteiger partial charge in [-0.15, -0.1) is 0 Å². The van der Waals surface area contributed by atoms with E-state index in [0.717, 1.165) is 34.9 Å². The lowest BCUT2D eigenvalue weighted by molar-refractivity contribution is 0.254. The van der Waals surface area contributed by atoms with E-state index in [1.54, 1.807) is 7.11 Å². The van der Waals surface area contributed by atoms with Crippen LogP contribution in [0.1, 0.15) is 19.3 Å². The minimum Gasteiger partial charge on any atom is -0.493 e. The molecule has 2 aromatic heterocycles. The first-order valence-corrected chi connectivity index (χ1v) is 11.2. The van der Waals surface area contributed by atoms with Crippen LogP contribution >= 0.6 is 11.6 Å². The molecule has 1 fully saturated rings. The Balaban J connectivity index is 1.38. The monoisotopic (exact) mass is 452 g/mol. The number of aromatic nitrogens is 2. The normalized spacial score (nSPS) is 14.3. The van der Waals surface area contributed by atoms with E-state index in [9.17, 15) is 0 Å². The van der Waals surface area contributed by atoms with E-state index >= 15 is 0 Å². The van der Waals surface area contributed by atoms with Crippen molar-refractivity contribution in [2.45, 2.75) is 19.3 Å². The Bertz CT molecular complexity index is 1240. The van der Waals surface area contributed by atoms with Crippen molar-refractivity contribution in [3.8, 4) is 11.5 Å². The zero-order valence-corrected chi connectivity index (χ0v) is 18.7. The Morgan fingerprint density at radius 2 is 2.00 bits per heavy atom. The number of para-hydroxylation sites is 1. The van der Waals surface area contributed by atoms with Gasteiger partial charge in [0.1, 0.15) is 18.4 Å². The summed E-state index contributed by atoms with van der Waals surface area (Å²) in [5.74, 6) is 1.98. The van der Waals surface area contributed by atoms with Gasteiger partial charge in [0.2, 0.25) is 0 Å². The molecule has 166 valence electrons. The molecule has 1 saturated heterocycles. The molecular formula is C24H25ClN4O3. The molecule has 0 spiro atoms. The van der Waals surface area contributed by atoms with Crippen molar-refractivity contribution >= 4 is 45.0 Å². The molecule has 1 N–H and O–H groups in total. The summed E-state index contributed by atoms with van der Waals surface area (Å²) in [4.78, 5) is 11.4. The Hall–Kier alpha value is -3.03. The number of likely N-dealkylation sites (tertiary alicyclic amines) is 1. The third-order valence-electron chi connectivity index (χ3n) is 5.80. The van der Waals surface area contributed by atoms with Gasteiger partial charge in [-0.25, -0.2) is 9.97 Å². The number of halogens is 1. The summed E-state index contributed by atoms with van der Waals surface area (Å²) in [6.07, 6.45) is 6.65. The number of anilines is 2. The predicted molar refractivity (Wildman–Crippen MR) is 126 cm³/mol. The fraction of sp³-hybridized carbons (Fsp3) is 0.333. The van der Waals surface area contributed by atoms with Crippen molar-refractivity contribution in [3.05, 3.63) is 47.9 Å². The fourth-order valence-electron chi connectivity index (χ4n) is 4.16. The van der Waals surface area contributed by atoms with E-state index in [0.29, 0.717) is 34.5 Å². The number of furan rings is 1. The van der Waals surface area contributed by atoms with Crippen molar-refractivity contribution < 1.29 is 13.9 Å². The third-order valence-corrected chi connectivity index (χ3v) is 6.09. The summed E-state index contributed by atoms with van der Waals surface area (Å²) >= 11 is 6.21. The second-order valence-electron chi connectivity index (χ2n) is 7.88. The van der Waals surface area contributed by atoms with Crippen LogP contribution in [0.2, 0.25) is 5.02 Å². The zero-order chi connectivity index (χ0) is 21.9. The van der Waals surface area contributed by atoms with E-state index < -0.39 is 0 Å². The molecule has 3 heterocycles. The standard InChI is InChI=1S/C24H25ClN4O3/c1-30-21-12-17-20(13-22(21)31-11-5-10-29-8-2-3-9-29)26-15-27-24(17)28-19-7-4-6-16-18(25)14-32-23(16)19/h4,6-7,12-15H,2-3,5,8-11H2,1H3,(H,26,27,28). The van der Waals surface area contributed by atoms with Crippen molar-refractivity contribution in [1.82, 2.24) is 14.9 Å². The molecular weight excluding hydrogens is 428 g/mol. The molecule has 0 atom stereocenters. The van der Waals surface area contributed by atoms with Crippen molar-refractivity contribution in [2.24, 2.45) is 0 Å². The molecule has 32 heavy (non-hydrogen) atoms. The van der Waals surface area contributed by atoms with Gasteiger partial charge in [0.15, 0.2) is 17.1 Å². The maximum absolute atomic E-state index is 6.21. The van der Waals surface area contributed by atoms with Gasteiger partial charge < -0.3 is 24.1 Å². The lowest BCUT2D eigenvalue weighted by Crippen LogP contribution is -2.21. The van der Waals surface area contributed by atoms with Crippen LogP contribution in [0.15, 0.2) is 47.3 Å². The van der Waals surface area contributed by atoms with Crippen LogP contribution < -0.4 is 14.8 Å². The molecule has 8 heteroatoms. The van der Waals surface area contributed by atoms with Crippen LogP contribution in [0.5, 0.6) is 11.5 Å². The second kappa shape index (κ2) is 9.22. The largest absolute Gasteiger partial charge is 0.493 e. The second-order valence-corrected chi connectivity index (χ2v) is 8.29. The molecule has 0 amide bonds. The summed E-state index contributed by atoms with van der Waals surface area (Å²) in [7, 11) is 1.64. The van der Waals surface area contributed by atoms with Crippen LogP contribution in [0.25, 0.3) is 21.9 Å². The van der Waals surface area contributed by atoms with Crippen LogP contribution in [0.3, 0.4) is 0 Å².